The van der Waals surface area contributed by atoms with E-state index in [2.05, 4.69) is 13.2 Å². The van der Waals surface area contributed by atoms with Gasteiger partial charge in [0, 0.05) is 24.6 Å². The first-order valence-electron chi connectivity index (χ1n) is 5.37. The number of rotatable bonds is 2. The number of amides is 1. The number of likely N-dealkylation sites (tertiary alicyclic amines) is 1. The van der Waals surface area contributed by atoms with E-state index in [1.165, 1.54) is 0 Å². The molecule has 0 unspecified atom stereocenters. The number of hydrogen-bond donors (Lipinski definition) is 0. The second-order valence-electron chi connectivity index (χ2n) is 4.05. The normalized spacial score (nSPS) is 19.9. The molecule has 1 amide bonds. The lowest BCUT2D eigenvalue weighted by atomic mass is 10.1. The van der Waals surface area contributed by atoms with E-state index in [0.29, 0.717) is 13.1 Å². The van der Waals surface area contributed by atoms with Gasteiger partial charge in [-0.15, -0.1) is 6.58 Å². The van der Waals surface area contributed by atoms with Gasteiger partial charge >= 0.3 is 0 Å². The van der Waals surface area contributed by atoms with Crippen LogP contribution < -0.4 is 0 Å². The molecular formula is C14H15NO. The number of carbonyl (C=O) groups excluding carboxylic acids is 1. The maximum absolute atomic E-state index is 12.1. The SMILES string of the molecule is C=C[C@@H]1CN(C(=O)c2ccccc2)CC1=C. The molecule has 1 saturated heterocycles. The van der Waals surface area contributed by atoms with E-state index in [1.807, 2.05) is 41.3 Å². The minimum absolute atomic E-state index is 0.0751. The molecule has 2 rings (SSSR count). The first-order chi connectivity index (χ1) is 7.72. The van der Waals surface area contributed by atoms with Crippen molar-refractivity contribution in [3.8, 4) is 0 Å². The average molecular weight is 213 g/mol. The summed E-state index contributed by atoms with van der Waals surface area (Å²) in [5.41, 5.74) is 1.80. The van der Waals surface area contributed by atoms with Crippen molar-refractivity contribution in [2.75, 3.05) is 13.1 Å². The summed E-state index contributed by atoms with van der Waals surface area (Å²) >= 11 is 0. The van der Waals surface area contributed by atoms with Gasteiger partial charge < -0.3 is 4.90 Å². The molecule has 16 heavy (non-hydrogen) atoms. The second-order valence-corrected chi connectivity index (χ2v) is 4.05. The lowest BCUT2D eigenvalue weighted by Crippen LogP contribution is -2.28. The Hall–Kier alpha value is -1.83. The molecule has 0 saturated carbocycles. The zero-order valence-corrected chi connectivity index (χ0v) is 9.23. The Kier molecular flexibility index (Phi) is 2.91. The molecule has 0 bridgehead atoms. The molecule has 0 aromatic heterocycles. The summed E-state index contributed by atoms with van der Waals surface area (Å²) < 4.78 is 0. The predicted octanol–water partition coefficient (Wildman–Crippen LogP) is 2.50. The highest BCUT2D eigenvalue weighted by Gasteiger charge is 2.27. The zero-order chi connectivity index (χ0) is 11.5. The predicted molar refractivity (Wildman–Crippen MR) is 65.2 cm³/mol. The quantitative estimate of drug-likeness (QED) is 0.691. The minimum Gasteiger partial charge on any atom is -0.334 e. The summed E-state index contributed by atoms with van der Waals surface area (Å²) in [7, 11) is 0. The smallest absolute Gasteiger partial charge is 0.254 e. The Labute approximate surface area is 95.9 Å². The van der Waals surface area contributed by atoms with E-state index in [1.54, 1.807) is 0 Å². The van der Waals surface area contributed by atoms with Gasteiger partial charge in [-0.1, -0.05) is 30.9 Å². The molecule has 0 spiro atoms. The van der Waals surface area contributed by atoms with E-state index in [4.69, 9.17) is 0 Å². The van der Waals surface area contributed by atoms with Crippen LogP contribution in [0.3, 0.4) is 0 Å². The molecule has 1 aliphatic heterocycles. The van der Waals surface area contributed by atoms with Crippen LogP contribution in [-0.4, -0.2) is 23.9 Å². The molecule has 0 radical (unpaired) electrons. The van der Waals surface area contributed by atoms with Gasteiger partial charge in [0.1, 0.15) is 0 Å². The summed E-state index contributed by atoms with van der Waals surface area (Å²) in [4.78, 5) is 13.9. The first kappa shape index (κ1) is 10.7. The highest BCUT2D eigenvalue weighted by Crippen LogP contribution is 2.23. The Balaban J connectivity index is 2.13. The van der Waals surface area contributed by atoms with E-state index in [0.717, 1.165) is 11.1 Å². The average Bonchev–Trinajstić information content (AvgIpc) is 2.71. The number of hydrogen-bond acceptors (Lipinski definition) is 1. The third-order valence-corrected chi connectivity index (χ3v) is 2.93. The van der Waals surface area contributed by atoms with Crippen LogP contribution in [0.1, 0.15) is 10.4 Å². The fraction of sp³-hybridized carbons (Fsp3) is 0.214. The Bertz CT molecular complexity index is 422. The van der Waals surface area contributed by atoms with E-state index in [-0.39, 0.29) is 11.8 Å². The molecule has 1 aromatic carbocycles. The maximum Gasteiger partial charge on any atom is 0.254 e. The summed E-state index contributed by atoms with van der Waals surface area (Å²) in [6.45, 7) is 9.08. The van der Waals surface area contributed by atoms with Gasteiger partial charge in [-0.25, -0.2) is 0 Å². The third kappa shape index (κ3) is 1.91. The van der Waals surface area contributed by atoms with Gasteiger partial charge in [-0.3, -0.25) is 4.79 Å². The molecule has 1 aromatic rings. The molecule has 1 fully saturated rings. The van der Waals surface area contributed by atoms with Crippen molar-refractivity contribution in [1.82, 2.24) is 4.90 Å². The lowest BCUT2D eigenvalue weighted by Gasteiger charge is -2.15. The van der Waals surface area contributed by atoms with Gasteiger partial charge in [-0.05, 0) is 17.7 Å². The van der Waals surface area contributed by atoms with Crippen LogP contribution in [0, 0.1) is 5.92 Å². The van der Waals surface area contributed by atoms with E-state index < -0.39 is 0 Å². The van der Waals surface area contributed by atoms with Crippen molar-refractivity contribution in [2.24, 2.45) is 5.92 Å². The van der Waals surface area contributed by atoms with Crippen molar-refractivity contribution in [3.05, 3.63) is 60.7 Å². The van der Waals surface area contributed by atoms with Crippen molar-refractivity contribution >= 4 is 5.91 Å². The molecule has 0 N–H and O–H groups in total. The number of benzene rings is 1. The molecule has 2 heteroatoms. The number of carbonyl (C=O) groups is 1. The summed E-state index contributed by atoms with van der Waals surface area (Å²) in [6.07, 6.45) is 1.86. The summed E-state index contributed by atoms with van der Waals surface area (Å²) in [5.74, 6) is 0.318. The molecular weight excluding hydrogens is 198 g/mol. The van der Waals surface area contributed by atoms with Gasteiger partial charge in [0.25, 0.3) is 5.91 Å². The van der Waals surface area contributed by atoms with Crippen molar-refractivity contribution in [2.45, 2.75) is 0 Å². The standard InChI is InChI=1S/C14H15NO/c1-3-12-10-15(9-11(12)2)14(16)13-7-5-4-6-8-13/h3-8,12H,1-2,9-10H2/t12-/m1/s1. The second kappa shape index (κ2) is 4.35. The first-order valence-corrected chi connectivity index (χ1v) is 5.37. The molecule has 1 atom stereocenters. The fourth-order valence-corrected chi connectivity index (χ4v) is 1.95. The van der Waals surface area contributed by atoms with Crippen LogP contribution in [0.15, 0.2) is 55.1 Å². The monoisotopic (exact) mass is 213 g/mol. The van der Waals surface area contributed by atoms with Crippen LogP contribution in [0.4, 0.5) is 0 Å². The fourth-order valence-electron chi connectivity index (χ4n) is 1.95. The highest BCUT2D eigenvalue weighted by atomic mass is 16.2. The van der Waals surface area contributed by atoms with Gasteiger partial charge in [-0.2, -0.15) is 0 Å². The lowest BCUT2D eigenvalue weighted by molar-refractivity contribution is 0.0792. The van der Waals surface area contributed by atoms with Crippen LogP contribution in [0.25, 0.3) is 0 Å². The summed E-state index contributed by atoms with van der Waals surface area (Å²) in [5, 5.41) is 0. The van der Waals surface area contributed by atoms with E-state index in [9.17, 15) is 4.79 Å². The Morgan fingerprint density at radius 1 is 1.38 bits per heavy atom. The molecule has 1 heterocycles. The number of nitrogens with zero attached hydrogens (tertiary/aromatic N) is 1. The van der Waals surface area contributed by atoms with Crippen molar-refractivity contribution in [3.63, 3.8) is 0 Å². The minimum atomic E-state index is 0.0751. The topological polar surface area (TPSA) is 20.3 Å². The molecule has 1 aliphatic rings. The largest absolute Gasteiger partial charge is 0.334 e. The van der Waals surface area contributed by atoms with Crippen LogP contribution in [-0.2, 0) is 0 Å². The zero-order valence-electron chi connectivity index (χ0n) is 9.23. The molecule has 82 valence electrons. The molecule has 2 nitrogen and oxygen atoms in total. The molecule has 0 aliphatic carbocycles. The van der Waals surface area contributed by atoms with Gasteiger partial charge in [0.15, 0.2) is 0 Å². The van der Waals surface area contributed by atoms with Crippen LogP contribution in [0.2, 0.25) is 0 Å². The van der Waals surface area contributed by atoms with E-state index >= 15 is 0 Å². The van der Waals surface area contributed by atoms with Crippen molar-refractivity contribution in [1.29, 1.82) is 0 Å². The third-order valence-electron chi connectivity index (χ3n) is 2.93. The van der Waals surface area contributed by atoms with Crippen LogP contribution >= 0.6 is 0 Å². The Morgan fingerprint density at radius 2 is 2.06 bits per heavy atom. The van der Waals surface area contributed by atoms with Crippen molar-refractivity contribution < 1.29 is 4.79 Å². The van der Waals surface area contributed by atoms with Gasteiger partial charge in [0.2, 0.25) is 0 Å². The van der Waals surface area contributed by atoms with Gasteiger partial charge in [0.05, 0.1) is 0 Å². The maximum atomic E-state index is 12.1. The Morgan fingerprint density at radius 3 is 2.62 bits per heavy atom. The van der Waals surface area contributed by atoms with Crippen LogP contribution in [0.5, 0.6) is 0 Å². The summed E-state index contributed by atoms with van der Waals surface area (Å²) in [6, 6.07) is 9.34. The highest BCUT2D eigenvalue weighted by molar-refractivity contribution is 5.94.